The van der Waals surface area contributed by atoms with Gasteiger partial charge in [-0.05, 0) is 29.7 Å². The van der Waals surface area contributed by atoms with Crippen molar-refractivity contribution >= 4 is 33.0 Å². The van der Waals surface area contributed by atoms with Crippen LogP contribution >= 0.6 is 0 Å². The molecule has 2 aromatic carbocycles. The molecule has 1 heterocycles. The quantitative estimate of drug-likeness (QED) is 0.474. The van der Waals surface area contributed by atoms with Gasteiger partial charge in [0.25, 0.3) is 0 Å². The summed E-state index contributed by atoms with van der Waals surface area (Å²) in [4.78, 5) is 17.0. The Morgan fingerprint density at radius 1 is 1.03 bits per heavy atom. The minimum Gasteiger partial charge on any atom is -0.423 e. The van der Waals surface area contributed by atoms with E-state index < -0.39 is 22.0 Å². The molecule has 0 aliphatic heterocycles. The van der Waals surface area contributed by atoms with Crippen molar-refractivity contribution in [1.29, 1.82) is 0 Å². The maximum absolute atomic E-state index is 12.7. The predicted molar refractivity (Wildman–Crippen MR) is 114 cm³/mol. The molecule has 0 saturated carbocycles. The first-order valence-electron chi connectivity index (χ1n) is 9.16. The molecule has 29 heavy (non-hydrogen) atoms. The molecule has 1 aromatic heterocycles. The SMILES string of the molecule is CC(C)C(NS(=O)(=O)/C=C/c1ccccc1)C(=O)Oc1cccc2cccnc12. The molecule has 0 saturated heterocycles. The molecule has 0 aliphatic rings. The van der Waals surface area contributed by atoms with Crippen LogP contribution < -0.4 is 9.46 Å². The smallest absolute Gasteiger partial charge is 0.329 e. The van der Waals surface area contributed by atoms with Crippen molar-refractivity contribution < 1.29 is 17.9 Å². The molecule has 1 unspecified atom stereocenters. The monoisotopic (exact) mass is 410 g/mol. The van der Waals surface area contributed by atoms with Gasteiger partial charge in [-0.2, -0.15) is 4.72 Å². The summed E-state index contributed by atoms with van der Waals surface area (Å²) in [6.07, 6.45) is 3.08. The summed E-state index contributed by atoms with van der Waals surface area (Å²) in [5.74, 6) is -0.710. The number of carbonyl (C=O) groups excluding carboxylic acids is 1. The fourth-order valence-electron chi connectivity index (χ4n) is 2.74. The number of carbonyl (C=O) groups is 1. The number of pyridine rings is 1. The lowest BCUT2D eigenvalue weighted by Crippen LogP contribution is -2.45. The molecular weight excluding hydrogens is 388 g/mol. The number of hydrogen-bond acceptors (Lipinski definition) is 5. The Balaban J connectivity index is 1.78. The highest BCUT2D eigenvalue weighted by Crippen LogP contribution is 2.24. The first kappa shape index (κ1) is 20.7. The number of nitrogens with one attached hydrogen (secondary N) is 1. The zero-order valence-corrected chi connectivity index (χ0v) is 17.0. The van der Waals surface area contributed by atoms with E-state index in [0.717, 1.165) is 16.4 Å². The molecule has 0 spiro atoms. The molecule has 0 amide bonds. The number of sulfonamides is 1. The van der Waals surface area contributed by atoms with E-state index >= 15 is 0 Å². The number of para-hydroxylation sites is 1. The lowest BCUT2D eigenvalue weighted by Gasteiger charge is -2.20. The molecule has 3 aromatic rings. The van der Waals surface area contributed by atoms with Crippen molar-refractivity contribution in [1.82, 2.24) is 9.71 Å². The molecule has 1 N–H and O–H groups in total. The Labute approximate surface area is 170 Å². The van der Waals surface area contributed by atoms with E-state index in [4.69, 9.17) is 4.74 Å². The van der Waals surface area contributed by atoms with E-state index in [0.29, 0.717) is 5.52 Å². The van der Waals surface area contributed by atoms with Crippen molar-refractivity contribution in [2.45, 2.75) is 19.9 Å². The predicted octanol–water partition coefficient (Wildman–Crippen LogP) is 3.76. The van der Waals surface area contributed by atoms with Crippen LogP contribution in [0.3, 0.4) is 0 Å². The second-order valence-corrected chi connectivity index (χ2v) is 8.45. The number of aromatic nitrogens is 1. The Morgan fingerprint density at radius 2 is 1.76 bits per heavy atom. The van der Waals surface area contributed by atoms with Crippen LogP contribution in [0, 0.1) is 5.92 Å². The Bertz CT molecular complexity index is 1120. The van der Waals surface area contributed by atoms with E-state index in [1.165, 1.54) is 6.08 Å². The lowest BCUT2D eigenvalue weighted by atomic mass is 10.1. The van der Waals surface area contributed by atoms with Gasteiger partial charge < -0.3 is 4.74 Å². The van der Waals surface area contributed by atoms with Crippen molar-refractivity contribution in [3.63, 3.8) is 0 Å². The minimum absolute atomic E-state index is 0.290. The maximum atomic E-state index is 12.7. The summed E-state index contributed by atoms with van der Waals surface area (Å²) < 4.78 is 32.9. The van der Waals surface area contributed by atoms with Crippen molar-refractivity contribution in [2.75, 3.05) is 0 Å². The molecule has 150 valence electrons. The summed E-state index contributed by atoms with van der Waals surface area (Å²) in [7, 11) is -3.85. The number of nitrogens with zero attached hydrogens (tertiary/aromatic N) is 1. The third-order valence-corrected chi connectivity index (χ3v) is 5.33. The fourth-order valence-corrected chi connectivity index (χ4v) is 3.87. The molecule has 3 rings (SSSR count). The minimum atomic E-state index is -3.85. The summed E-state index contributed by atoms with van der Waals surface area (Å²) in [5.41, 5.74) is 1.28. The van der Waals surface area contributed by atoms with Crippen LogP contribution in [-0.4, -0.2) is 25.4 Å². The molecule has 0 bridgehead atoms. The summed E-state index contributed by atoms with van der Waals surface area (Å²) in [6, 6.07) is 16.9. The second-order valence-electron chi connectivity index (χ2n) is 6.85. The Morgan fingerprint density at radius 3 is 2.48 bits per heavy atom. The average Bonchev–Trinajstić information content (AvgIpc) is 2.71. The summed E-state index contributed by atoms with van der Waals surface area (Å²) >= 11 is 0. The Hall–Kier alpha value is -3.03. The topological polar surface area (TPSA) is 85.4 Å². The summed E-state index contributed by atoms with van der Waals surface area (Å²) in [5, 5.41) is 1.87. The largest absolute Gasteiger partial charge is 0.423 e. The molecule has 7 heteroatoms. The number of benzene rings is 2. The first-order valence-corrected chi connectivity index (χ1v) is 10.7. The van der Waals surface area contributed by atoms with Crippen LogP contribution in [0.2, 0.25) is 0 Å². The van der Waals surface area contributed by atoms with Crippen LogP contribution in [0.25, 0.3) is 17.0 Å². The highest BCUT2D eigenvalue weighted by molar-refractivity contribution is 7.92. The third kappa shape index (κ3) is 5.49. The second kappa shape index (κ2) is 8.98. The number of rotatable bonds is 7. The number of esters is 1. The zero-order valence-electron chi connectivity index (χ0n) is 16.1. The fraction of sp³-hybridized carbons (Fsp3) is 0.182. The van der Waals surface area contributed by atoms with Gasteiger partial charge in [0.1, 0.15) is 11.6 Å². The van der Waals surface area contributed by atoms with Crippen molar-refractivity contribution in [2.24, 2.45) is 5.92 Å². The van der Waals surface area contributed by atoms with E-state index in [1.54, 1.807) is 50.4 Å². The number of ether oxygens (including phenoxy) is 1. The highest BCUT2D eigenvalue weighted by Gasteiger charge is 2.28. The molecule has 0 radical (unpaired) electrons. The van der Waals surface area contributed by atoms with Crippen molar-refractivity contribution in [3.05, 3.63) is 77.8 Å². The van der Waals surface area contributed by atoms with Gasteiger partial charge in [0.05, 0.1) is 0 Å². The van der Waals surface area contributed by atoms with Crippen molar-refractivity contribution in [3.8, 4) is 5.75 Å². The molecule has 0 aliphatic carbocycles. The van der Waals surface area contributed by atoms with E-state index in [2.05, 4.69) is 9.71 Å². The first-order chi connectivity index (χ1) is 13.9. The van der Waals surface area contributed by atoms with Gasteiger partial charge in [-0.1, -0.05) is 62.4 Å². The van der Waals surface area contributed by atoms with Gasteiger partial charge in [0.2, 0.25) is 10.0 Å². The molecule has 0 fully saturated rings. The van der Waals surface area contributed by atoms with E-state index in [9.17, 15) is 13.2 Å². The van der Waals surface area contributed by atoms with Gasteiger partial charge in [-0.3, -0.25) is 4.98 Å². The van der Waals surface area contributed by atoms with Gasteiger partial charge >= 0.3 is 5.97 Å². The highest BCUT2D eigenvalue weighted by atomic mass is 32.2. The number of fused-ring (bicyclic) bond motifs is 1. The normalized spacial score (nSPS) is 13.1. The molecule has 6 nitrogen and oxygen atoms in total. The standard InChI is InChI=1S/C22H22N2O4S/c1-16(2)20(24-29(26,27)15-13-17-8-4-3-5-9-17)22(25)28-19-12-6-10-18-11-7-14-23-21(18)19/h3-16,20,24H,1-2H3/b15-13+. The molecular formula is C22H22N2O4S. The van der Waals surface area contributed by atoms with E-state index in [1.807, 2.05) is 30.3 Å². The lowest BCUT2D eigenvalue weighted by molar-refractivity contribution is -0.137. The molecule has 1 atom stereocenters. The average molecular weight is 410 g/mol. The number of hydrogen-bond donors (Lipinski definition) is 1. The van der Waals surface area contributed by atoms with Crippen LogP contribution in [0.5, 0.6) is 5.75 Å². The van der Waals surface area contributed by atoms with E-state index in [-0.39, 0.29) is 11.7 Å². The van der Waals surface area contributed by atoms with Crippen LogP contribution in [0.4, 0.5) is 0 Å². The maximum Gasteiger partial charge on any atom is 0.329 e. The van der Waals surface area contributed by atoms with Gasteiger partial charge in [0, 0.05) is 17.0 Å². The van der Waals surface area contributed by atoms with Gasteiger partial charge in [-0.15, -0.1) is 0 Å². The summed E-state index contributed by atoms with van der Waals surface area (Å²) in [6.45, 7) is 3.49. The van der Waals surface area contributed by atoms with Crippen LogP contribution in [0.1, 0.15) is 19.4 Å². The van der Waals surface area contributed by atoms with Crippen LogP contribution in [-0.2, 0) is 14.8 Å². The third-order valence-electron chi connectivity index (χ3n) is 4.26. The van der Waals surface area contributed by atoms with Crippen LogP contribution in [0.15, 0.2) is 72.3 Å². The van der Waals surface area contributed by atoms with Gasteiger partial charge in [0.15, 0.2) is 5.75 Å². The Kier molecular flexibility index (Phi) is 6.41. The van der Waals surface area contributed by atoms with Gasteiger partial charge in [-0.25, -0.2) is 13.2 Å². The zero-order chi connectivity index (χ0) is 20.9.